The highest BCUT2D eigenvalue weighted by molar-refractivity contribution is 7.09. The quantitative estimate of drug-likeness (QED) is 0.784. The van der Waals surface area contributed by atoms with Crippen molar-refractivity contribution in [2.75, 3.05) is 0 Å². The molecule has 0 atom stereocenters. The number of thiazole rings is 1. The molecule has 3 heteroatoms. The zero-order valence-electron chi connectivity index (χ0n) is 10.5. The van der Waals surface area contributed by atoms with Crippen molar-refractivity contribution < 1.29 is 0 Å². The summed E-state index contributed by atoms with van der Waals surface area (Å²) in [5, 5.41) is 12.8. The molecule has 1 aliphatic carbocycles. The smallest absolute Gasteiger partial charge is 0.0897 e. The fourth-order valence-corrected chi connectivity index (χ4v) is 3.36. The molecule has 1 aromatic heterocycles. The molecule has 1 fully saturated rings. The molecular weight excluding hydrogens is 228 g/mol. The average Bonchev–Trinajstić information content (AvgIpc) is 2.68. The third-order valence-electron chi connectivity index (χ3n) is 3.73. The largest absolute Gasteiger partial charge is 0.247 e. The van der Waals surface area contributed by atoms with Gasteiger partial charge in [0.1, 0.15) is 0 Å². The van der Waals surface area contributed by atoms with Crippen LogP contribution in [-0.4, -0.2) is 4.98 Å². The molecule has 0 aromatic carbocycles. The van der Waals surface area contributed by atoms with E-state index < -0.39 is 0 Å². The molecule has 0 saturated heterocycles. The lowest BCUT2D eigenvalue weighted by Gasteiger charge is -2.27. The highest BCUT2D eigenvalue weighted by Crippen LogP contribution is 2.36. The number of hydrogen-bond acceptors (Lipinski definition) is 3. The Hall–Kier alpha value is -0.880. The van der Waals surface area contributed by atoms with Crippen LogP contribution in [0.1, 0.15) is 55.6 Å². The molecule has 1 saturated carbocycles. The number of rotatable bonds is 2. The topological polar surface area (TPSA) is 36.7 Å². The number of nitrogens with zero attached hydrogens (tertiary/aromatic N) is 2. The molecule has 1 aromatic rings. The molecule has 17 heavy (non-hydrogen) atoms. The maximum absolute atomic E-state index is 9.55. The summed E-state index contributed by atoms with van der Waals surface area (Å²) >= 11 is 1.69. The molecule has 0 bridgehead atoms. The van der Waals surface area contributed by atoms with Gasteiger partial charge in [0.05, 0.1) is 22.2 Å². The van der Waals surface area contributed by atoms with E-state index in [1.54, 1.807) is 11.3 Å². The van der Waals surface area contributed by atoms with E-state index in [-0.39, 0.29) is 5.41 Å². The maximum atomic E-state index is 9.55. The third-order valence-corrected chi connectivity index (χ3v) is 4.56. The maximum Gasteiger partial charge on any atom is 0.0897 e. The van der Waals surface area contributed by atoms with Crippen LogP contribution < -0.4 is 0 Å². The summed E-state index contributed by atoms with van der Waals surface area (Å²) in [6.07, 6.45) is 9.30. The normalized spacial score (nSPS) is 20.2. The van der Waals surface area contributed by atoms with E-state index in [9.17, 15) is 5.26 Å². The Labute approximate surface area is 108 Å². The first kappa shape index (κ1) is 12.6. The van der Waals surface area contributed by atoms with Gasteiger partial charge in [-0.05, 0) is 19.8 Å². The lowest BCUT2D eigenvalue weighted by atomic mass is 9.74. The molecule has 2 nitrogen and oxygen atoms in total. The molecule has 0 unspecified atom stereocenters. The predicted molar refractivity (Wildman–Crippen MR) is 70.9 cm³/mol. The van der Waals surface area contributed by atoms with Crippen molar-refractivity contribution in [3.05, 3.63) is 16.1 Å². The van der Waals surface area contributed by atoms with Gasteiger partial charge < -0.3 is 0 Å². The zero-order chi connectivity index (χ0) is 12.1. The number of nitriles is 1. The van der Waals surface area contributed by atoms with E-state index in [4.69, 9.17) is 0 Å². The van der Waals surface area contributed by atoms with Crippen molar-refractivity contribution in [2.45, 2.75) is 58.3 Å². The predicted octanol–water partition coefficient (Wildman–Crippen LogP) is 4.25. The lowest BCUT2D eigenvalue weighted by molar-refractivity contribution is 0.285. The van der Waals surface area contributed by atoms with Crippen molar-refractivity contribution in [3.63, 3.8) is 0 Å². The summed E-state index contributed by atoms with van der Waals surface area (Å²) in [4.78, 5) is 4.52. The van der Waals surface area contributed by atoms with Crippen molar-refractivity contribution >= 4 is 11.3 Å². The molecular formula is C14H20N2S. The van der Waals surface area contributed by atoms with Crippen LogP contribution >= 0.6 is 11.3 Å². The minimum Gasteiger partial charge on any atom is -0.247 e. The van der Waals surface area contributed by atoms with Crippen LogP contribution in [0.25, 0.3) is 0 Å². The van der Waals surface area contributed by atoms with Gasteiger partial charge in [-0.25, -0.2) is 4.98 Å². The van der Waals surface area contributed by atoms with E-state index in [1.807, 2.05) is 6.92 Å². The third kappa shape index (κ3) is 3.29. The molecule has 1 aliphatic rings. The first-order chi connectivity index (χ1) is 8.24. The van der Waals surface area contributed by atoms with E-state index in [2.05, 4.69) is 16.4 Å². The first-order valence-corrected chi connectivity index (χ1v) is 7.44. The van der Waals surface area contributed by atoms with E-state index >= 15 is 0 Å². The molecule has 0 amide bonds. The van der Waals surface area contributed by atoms with Crippen LogP contribution in [0.2, 0.25) is 0 Å². The second-order valence-corrected chi connectivity index (χ2v) is 6.26. The number of hydrogen-bond donors (Lipinski definition) is 0. The van der Waals surface area contributed by atoms with Gasteiger partial charge in [-0.1, -0.05) is 32.1 Å². The van der Waals surface area contributed by atoms with Gasteiger partial charge in [-0.2, -0.15) is 5.26 Å². The highest BCUT2D eigenvalue weighted by atomic mass is 32.1. The molecule has 0 spiro atoms. The Morgan fingerprint density at radius 1 is 1.29 bits per heavy atom. The Kier molecular flexibility index (Phi) is 4.17. The van der Waals surface area contributed by atoms with Crippen LogP contribution in [0.5, 0.6) is 0 Å². The monoisotopic (exact) mass is 248 g/mol. The van der Waals surface area contributed by atoms with E-state index in [0.29, 0.717) is 0 Å². The van der Waals surface area contributed by atoms with Gasteiger partial charge in [0.15, 0.2) is 0 Å². The van der Waals surface area contributed by atoms with Crippen molar-refractivity contribution in [2.24, 2.45) is 5.41 Å². The van der Waals surface area contributed by atoms with Crippen molar-refractivity contribution in [1.29, 1.82) is 5.26 Å². The Morgan fingerprint density at radius 2 is 1.94 bits per heavy atom. The van der Waals surface area contributed by atoms with Crippen LogP contribution in [-0.2, 0) is 6.42 Å². The molecule has 0 aliphatic heterocycles. The first-order valence-electron chi connectivity index (χ1n) is 6.56. The Morgan fingerprint density at radius 3 is 2.47 bits per heavy atom. The van der Waals surface area contributed by atoms with E-state index in [1.165, 1.54) is 32.1 Å². The van der Waals surface area contributed by atoms with Crippen molar-refractivity contribution in [1.82, 2.24) is 4.98 Å². The van der Waals surface area contributed by atoms with Crippen LogP contribution in [0, 0.1) is 23.7 Å². The highest BCUT2D eigenvalue weighted by Gasteiger charge is 2.31. The second-order valence-electron chi connectivity index (χ2n) is 5.19. The fraction of sp³-hybridized carbons (Fsp3) is 0.714. The summed E-state index contributed by atoms with van der Waals surface area (Å²) < 4.78 is 0. The summed E-state index contributed by atoms with van der Waals surface area (Å²) in [5.41, 5.74) is 0.982. The molecule has 2 rings (SSSR count). The van der Waals surface area contributed by atoms with Crippen LogP contribution in [0.3, 0.4) is 0 Å². The number of aryl methyl sites for hydroxylation is 1. The molecule has 0 N–H and O–H groups in total. The lowest BCUT2D eigenvalue weighted by Crippen LogP contribution is -2.23. The molecule has 92 valence electrons. The zero-order valence-corrected chi connectivity index (χ0v) is 11.4. The summed E-state index contributed by atoms with van der Waals surface area (Å²) in [6.45, 7) is 2.03. The fourth-order valence-electron chi connectivity index (χ4n) is 2.75. The van der Waals surface area contributed by atoms with Gasteiger partial charge >= 0.3 is 0 Å². The Bertz CT molecular complexity index is 395. The molecule has 1 heterocycles. The Balaban J connectivity index is 2.09. The number of aromatic nitrogens is 1. The van der Waals surface area contributed by atoms with Gasteiger partial charge in [0, 0.05) is 11.8 Å². The minimum absolute atomic E-state index is 0.138. The molecule has 0 radical (unpaired) electrons. The minimum atomic E-state index is -0.138. The van der Waals surface area contributed by atoms with Gasteiger partial charge in [0.25, 0.3) is 0 Å². The van der Waals surface area contributed by atoms with Gasteiger partial charge in [0.2, 0.25) is 0 Å². The average molecular weight is 248 g/mol. The second kappa shape index (κ2) is 5.64. The van der Waals surface area contributed by atoms with E-state index in [0.717, 1.165) is 30.0 Å². The van der Waals surface area contributed by atoms with Crippen LogP contribution in [0.15, 0.2) is 5.38 Å². The summed E-state index contributed by atoms with van der Waals surface area (Å²) in [7, 11) is 0. The van der Waals surface area contributed by atoms with Crippen molar-refractivity contribution in [3.8, 4) is 6.07 Å². The van der Waals surface area contributed by atoms with Gasteiger partial charge in [-0.15, -0.1) is 11.3 Å². The SMILES string of the molecule is Cc1nc(CC2(C#N)CCCCCCC2)cs1. The standard InChI is InChI=1S/C14H20N2S/c1-12-16-13(10-17-12)9-14(11-15)7-5-3-2-4-6-8-14/h10H,2-9H2,1H3. The van der Waals surface area contributed by atoms with Crippen LogP contribution in [0.4, 0.5) is 0 Å². The summed E-state index contributed by atoms with van der Waals surface area (Å²) in [5.74, 6) is 0. The summed E-state index contributed by atoms with van der Waals surface area (Å²) in [6, 6.07) is 2.61. The van der Waals surface area contributed by atoms with Gasteiger partial charge in [-0.3, -0.25) is 0 Å².